The van der Waals surface area contributed by atoms with Gasteiger partial charge >= 0.3 is 17.9 Å². The molecule has 0 saturated heterocycles. The van der Waals surface area contributed by atoms with Crippen molar-refractivity contribution in [3.63, 3.8) is 0 Å². The molecule has 0 amide bonds. The van der Waals surface area contributed by atoms with Gasteiger partial charge in [0.1, 0.15) is 17.1 Å². The Balaban J connectivity index is 0.000000322. The molecule has 0 saturated carbocycles. The maximum atomic E-state index is 12.3. The summed E-state index contributed by atoms with van der Waals surface area (Å²) in [6.45, 7) is 6.84. The van der Waals surface area contributed by atoms with Gasteiger partial charge in [-0.15, -0.1) is 0 Å². The summed E-state index contributed by atoms with van der Waals surface area (Å²) in [5.41, 5.74) is 1.78. The van der Waals surface area contributed by atoms with Gasteiger partial charge in [0.25, 0.3) is 5.69 Å². The van der Waals surface area contributed by atoms with Crippen molar-refractivity contribution >= 4 is 23.6 Å². The number of aryl methyl sites for hydroxylation is 1. The Bertz CT molecular complexity index is 1300. The molecule has 0 atom stereocenters. The normalized spacial score (nSPS) is 13.1. The molecule has 1 aliphatic heterocycles. The van der Waals surface area contributed by atoms with Gasteiger partial charge < -0.3 is 29.7 Å². The fourth-order valence-electron chi connectivity index (χ4n) is 4.18. The number of phenols is 2. The van der Waals surface area contributed by atoms with Crippen LogP contribution < -0.4 is 5.32 Å². The number of carbonyl (C=O) groups is 3. The highest BCUT2D eigenvalue weighted by Gasteiger charge is 2.40. The van der Waals surface area contributed by atoms with Gasteiger partial charge in [0.05, 0.1) is 42.8 Å². The third kappa shape index (κ3) is 6.72. The lowest BCUT2D eigenvalue weighted by atomic mass is 9.79. The molecule has 1 heterocycles. The molecule has 12 nitrogen and oxygen atoms in total. The number of nitrogens with zero attached hydrogens (tertiary/aromatic N) is 1. The highest BCUT2D eigenvalue weighted by molar-refractivity contribution is 6.00. The summed E-state index contributed by atoms with van der Waals surface area (Å²) < 4.78 is 14.4. The zero-order valence-electron chi connectivity index (χ0n) is 22.4. The van der Waals surface area contributed by atoms with E-state index in [2.05, 4.69) is 5.32 Å². The van der Waals surface area contributed by atoms with Gasteiger partial charge in [-0.25, -0.2) is 14.4 Å². The van der Waals surface area contributed by atoms with Crippen LogP contribution in [-0.2, 0) is 23.8 Å². The minimum absolute atomic E-state index is 0.0759. The lowest BCUT2D eigenvalue weighted by Crippen LogP contribution is -2.32. The molecule has 2 aromatic rings. The van der Waals surface area contributed by atoms with Crippen molar-refractivity contribution < 1.29 is 43.7 Å². The predicted molar refractivity (Wildman–Crippen MR) is 139 cm³/mol. The first kappa shape index (κ1) is 30.4. The first-order valence-electron chi connectivity index (χ1n) is 11.7. The molecule has 0 bridgehead atoms. The summed E-state index contributed by atoms with van der Waals surface area (Å²) in [7, 11) is 2.42. The molecular weight excluding hydrogens is 512 g/mol. The van der Waals surface area contributed by atoms with Crippen LogP contribution >= 0.6 is 0 Å². The number of phenolic OH excluding ortho intramolecular Hbond substituents is 2. The fraction of sp³-hybridized carbons (Fsp3) is 0.296. The van der Waals surface area contributed by atoms with Crippen LogP contribution in [0.25, 0.3) is 0 Å². The Kier molecular flexibility index (Phi) is 10.2. The number of dihydropyridines is 1. The second-order valence-corrected chi connectivity index (χ2v) is 8.31. The summed E-state index contributed by atoms with van der Waals surface area (Å²) in [6, 6.07) is 8.47. The number of benzene rings is 2. The number of carbonyl (C=O) groups excluding carboxylic acids is 3. The van der Waals surface area contributed by atoms with Crippen LogP contribution in [0, 0.1) is 17.0 Å². The molecule has 208 valence electrons. The SMILES string of the molecule is CCOC(=O)c1c(C)cc(O)cc1O.COC(=O)C1=C(C)NC(C)=C(C(=O)OC)C1c1ccccc1[N+](=O)[O-]. The highest BCUT2D eigenvalue weighted by Crippen LogP contribution is 2.42. The minimum Gasteiger partial charge on any atom is -0.508 e. The molecule has 0 aliphatic carbocycles. The van der Waals surface area contributed by atoms with Gasteiger partial charge in [-0.2, -0.15) is 0 Å². The van der Waals surface area contributed by atoms with Crippen LogP contribution in [0.4, 0.5) is 5.69 Å². The second-order valence-electron chi connectivity index (χ2n) is 8.31. The molecule has 2 aromatic carbocycles. The number of rotatable bonds is 6. The number of allylic oxidation sites excluding steroid dienone is 2. The van der Waals surface area contributed by atoms with E-state index in [4.69, 9.17) is 19.3 Å². The summed E-state index contributed by atoms with van der Waals surface area (Å²) in [5, 5.41) is 32.9. The predicted octanol–water partition coefficient (Wildman–Crippen LogP) is 3.76. The largest absolute Gasteiger partial charge is 0.508 e. The van der Waals surface area contributed by atoms with E-state index in [0.717, 1.165) is 6.07 Å². The number of hydrogen-bond acceptors (Lipinski definition) is 11. The van der Waals surface area contributed by atoms with Gasteiger partial charge in [-0.3, -0.25) is 10.1 Å². The average Bonchev–Trinajstić information content (AvgIpc) is 2.87. The average molecular weight is 543 g/mol. The number of ether oxygens (including phenoxy) is 3. The van der Waals surface area contributed by atoms with Gasteiger partial charge in [0.15, 0.2) is 0 Å². The fourth-order valence-corrected chi connectivity index (χ4v) is 4.18. The van der Waals surface area contributed by atoms with Gasteiger partial charge in [0, 0.05) is 29.1 Å². The molecule has 3 N–H and O–H groups in total. The molecule has 12 heteroatoms. The zero-order valence-corrected chi connectivity index (χ0v) is 22.4. The monoisotopic (exact) mass is 542 g/mol. The highest BCUT2D eigenvalue weighted by atomic mass is 16.6. The van der Waals surface area contributed by atoms with Crippen LogP contribution in [0.15, 0.2) is 58.9 Å². The van der Waals surface area contributed by atoms with E-state index in [9.17, 15) is 29.6 Å². The molecule has 0 fully saturated rings. The lowest BCUT2D eigenvalue weighted by molar-refractivity contribution is -0.385. The minimum atomic E-state index is -0.970. The summed E-state index contributed by atoms with van der Waals surface area (Å²) in [6.07, 6.45) is 0. The second kappa shape index (κ2) is 13.1. The maximum Gasteiger partial charge on any atom is 0.342 e. The smallest absolute Gasteiger partial charge is 0.342 e. The van der Waals surface area contributed by atoms with Crippen LogP contribution in [-0.4, -0.2) is 53.9 Å². The molecular formula is C27H30N2O10. The van der Waals surface area contributed by atoms with Crippen molar-refractivity contribution in [2.45, 2.75) is 33.6 Å². The van der Waals surface area contributed by atoms with E-state index in [1.807, 2.05) is 0 Å². The van der Waals surface area contributed by atoms with Gasteiger partial charge in [0.2, 0.25) is 0 Å². The van der Waals surface area contributed by atoms with Crippen LogP contribution in [0.5, 0.6) is 11.5 Å². The molecule has 0 unspecified atom stereocenters. The van der Waals surface area contributed by atoms with Crippen LogP contribution in [0.3, 0.4) is 0 Å². The molecule has 0 aromatic heterocycles. The number of methoxy groups -OCH3 is 2. The Morgan fingerprint density at radius 1 is 0.949 bits per heavy atom. The number of aromatic hydroxyl groups is 2. The molecule has 39 heavy (non-hydrogen) atoms. The Labute approximate surface area is 224 Å². The van der Waals surface area contributed by atoms with Crippen molar-refractivity contribution in [2.75, 3.05) is 20.8 Å². The molecule has 3 rings (SSSR count). The Morgan fingerprint density at radius 3 is 1.95 bits per heavy atom. The molecule has 0 spiro atoms. The van der Waals surface area contributed by atoms with E-state index >= 15 is 0 Å². The van der Waals surface area contributed by atoms with E-state index in [1.54, 1.807) is 33.8 Å². The third-order valence-corrected chi connectivity index (χ3v) is 5.79. The number of nitro benzene ring substituents is 1. The van der Waals surface area contributed by atoms with Crippen molar-refractivity contribution in [1.29, 1.82) is 0 Å². The lowest BCUT2D eigenvalue weighted by Gasteiger charge is -2.29. The van der Waals surface area contributed by atoms with Gasteiger partial charge in [-0.05, 0) is 39.3 Å². The van der Waals surface area contributed by atoms with Gasteiger partial charge in [-0.1, -0.05) is 18.2 Å². The van der Waals surface area contributed by atoms with Crippen molar-refractivity contribution in [1.82, 2.24) is 5.32 Å². The van der Waals surface area contributed by atoms with Crippen LogP contribution in [0.2, 0.25) is 0 Å². The summed E-state index contributed by atoms with van der Waals surface area (Å²) in [5.74, 6) is -3.25. The number of esters is 3. The van der Waals surface area contributed by atoms with E-state index in [0.29, 0.717) is 17.0 Å². The maximum absolute atomic E-state index is 12.3. The van der Waals surface area contributed by atoms with Crippen molar-refractivity contribution in [3.05, 3.63) is 85.7 Å². The summed E-state index contributed by atoms with van der Waals surface area (Å²) in [4.78, 5) is 46.9. The first-order valence-corrected chi connectivity index (χ1v) is 11.7. The number of hydrogen-bond donors (Lipinski definition) is 3. The number of nitrogens with one attached hydrogen (secondary N) is 1. The van der Waals surface area contributed by atoms with E-state index < -0.39 is 28.7 Å². The Hall–Kier alpha value is -4.87. The van der Waals surface area contributed by atoms with E-state index in [-0.39, 0.29) is 46.1 Å². The molecule has 0 radical (unpaired) electrons. The number of para-hydroxylation sites is 1. The third-order valence-electron chi connectivity index (χ3n) is 5.79. The zero-order chi connectivity index (χ0) is 29.4. The standard InChI is InChI=1S/C17H18N2O6.C10H12O4/c1-9-13(16(20)24-3)15(14(10(2)18-9)17(21)25-4)11-7-5-6-8-12(11)19(22)23;1-3-14-10(13)9-6(2)4-7(11)5-8(9)12/h5-8,15,18H,1-4H3;4-5,11-12H,3H2,1-2H3. The van der Waals surface area contributed by atoms with Crippen LogP contribution in [0.1, 0.15) is 48.2 Å². The molecule has 1 aliphatic rings. The van der Waals surface area contributed by atoms with Crippen molar-refractivity contribution in [3.8, 4) is 11.5 Å². The number of nitro groups is 1. The quantitative estimate of drug-likeness (QED) is 0.210. The van der Waals surface area contributed by atoms with Crippen molar-refractivity contribution in [2.24, 2.45) is 0 Å². The first-order chi connectivity index (χ1) is 18.4. The van der Waals surface area contributed by atoms with E-state index in [1.165, 1.54) is 38.5 Å². The summed E-state index contributed by atoms with van der Waals surface area (Å²) >= 11 is 0. The topological polar surface area (TPSA) is 175 Å². The Morgan fingerprint density at radius 2 is 1.49 bits per heavy atom.